The number of rotatable bonds is 5. The SMILES string of the molecule is CC1CCCN(CCNC(=O)c2ccc(-n3ccc(C(F)(F)F)n3)cc2)C1. The Kier molecular flexibility index (Phi) is 5.84. The molecule has 1 aliphatic heterocycles. The molecule has 27 heavy (non-hydrogen) atoms. The number of likely N-dealkylation sites (tertiary alicyclic amines) is 1. The van der Waals surface area contributed by atoms with Crippen molar-refractivity contribution in [2.45, 2.75) is 25.9 Å². The van der Waals surface area contributed by atoms with Gasteiger partial charge in [0.15, 0.2) is 5.69 Å². The zero-order valence-corrected chi connectivity index (χ0v) is 15.2. The molecule has 146 valence electrons. The van der Waals surface area contributed by atoms with Gasteiger partial charge in [-0.15, -0.1) is 0 Å². The first-order chi connectivity index (χ1) is 12.8. The van der Waals surface area contributed by atoms with Gasteiger partial charge >= 0.3 is 6.18 Å². The first-order valence-electron chi connectivity index (χ1n) is 9.07. The number of halogens is 3. The van der Waals surface area contributed by atoms with Crippen LogP contribution in [0.15, 0.2) is 36.5 Å². The number of aromatic nitrogens is 2. The van der Waals surface area contributed by atoms with Gasteiger partial charge in [0.05, 0.1) is 5.69 Å². The molecule has 1 aromatic carbocycles. The van der Waals surface area contributed by atoms with Crippen LogP contribution in [-0.2, 0) is 6.18 Å². The smallest absolute Gasteiger partial charge is 0.351 e. The van der Waals surface area contributed by atoms with Crippen LogP contribution < -0.4 is 5.32 Å². The number of carbonyl (C=O) groups excluding carboxylic acids is 1. The molecular weight excluding hydrogens is 357 g/mol. The third-order valence-electron chi connectivity index (χ3n) is 4.73. The maximum atomic E-state index is 12.6. The minimum Gasteiger partial charge on any atom is -0.351 e. The third-order valence-corrected chi connectivity index (χ3v) is 4.73. The van der Waals surface area contributed by atoms with Crippen LogP contribution in [0, 0.1) is 5.92 Å². The fourth-order valence-electron chi connectivity index (χ4n) is 3.30. The molecule has 2 heterocycles. The summed E-state index contributed by atoms with van der Waals surface area (Å²) in [6.07, 6.45) is -0.773. The van der Waals surface area contributed by atoms with Gasteiger partial charge in [-0.05, 0) is 55.6 Å². The summed E-state index contributed by atoms with van der Waals surface area (Å²) >= 11 is 0. The number of carbonyl (C=O) groups is 1. The fraction of sp³-hybridized carbons (Fsp3) is 0.474. The largest absolute Gasteiger partial charge is 0.435 e. The Morgan fingerprint density at radius 1 is 1.26 bits per heavy atom. The quantitative estimate of drug-likeness (QED) is 0.866. The molecule has 1 aromatic heterocycles. The molecule has 1 amide bonds. The molecule has 0 spiro atoms. The van der Waals surface area contributed by atoms with Crippen molar-refractivity contribution in [3.8, 4) is 5.69 Å². The van der Waals surface area contributed by atoms with E-state index in [-0.39, 0.29) is 5.91 Å². The van der Waals surface area contributed by atoms with E-state index in [1.165, 1.54) is 19.0 Å². The van der Waals surface area contributed by atoms with Crippen molar-refractivity contribution in [3.05, 3.63) is 47.8 Å². The monoisotopic (exact) mass is 380 g/mol. The topological polar surface area (TPSA) is 50.2 Å². The Balaban J connectivity index is 1.53. The maximum absolute atomic E-state index is 12.6. The molecule has 1 atom stereocenters. The molecule has 8 heteroatoms. The van der Waals surface area contributed by atoms with Crippen molar-refractivity contribution in [2.24, 2.45) is 5.92 Å². The summed E-state index contributed by atoms with van der Waals surface area (Å²) in [6, 6.07) is 7.25. The Labute approximate surface area is 156 Å². The predicted octanol–water partition coefficient (Wildman–Crippen LogP) is 3.35. The molecule has 5 nitrogen and oxygen atoms in total. The molecule has 1 N–H and O–H groups in total. The van der Waals surface area contributed by atoms with E-state index in [0.29, 0.717) is 23.7 Å². The van der Waals surface area contributed by atoms with E-state index in [1.54, 1.807) is 24.3 Å². The zero-order valence-electron chi connectivity index (χ0n) is 15.2. The van der Waals surface area contributed by atoms with Gasteiger partial charge in [0, 0.05) is 31.4 Å². The van der Waals surface area contributed by atoms with Crippen molar-refractivity contribution < 1.29 is 18.0 Å². The fourth-order valence-corrected chi connectivity index (χ4v) is 3.30. The normalized spacial score (nSPS) is 18.4. The van der Waals surface area contributed by atoms with Crippen molar-refractivity contribution >= 4 is 5.91 Å². The summed E-state index contributed by atoms with van der Waals surface area (Å²) in [5.41, 5.74) is -0.0188. The van der Waals surface area contributed by atoms with Crippen LogP contribution in [0.5, 0.6) is 0 Å². The zero-order chi connectivity index (χ0) is 19.4. The molecule has 1 fully saturated rings. The van der Waals surface area contributed by atoms with Gasteiger partial charge < -0.3 is 10.2 Å². The number of benzene rings is 1. The number of hydrogen-bond acceptors (Lipinski definition) is 3. The summed E-state index contributed by atoms with van der Waals surface area (Å²) in [4.78, 5) is 14.6. The standard InChI is InChI=1S/C19H23F3N4O/c1-14-3-2-10-25(13-14)12-9-23-18(27)15-4-6-16(7-5-15)26-11-8-17(24-26)19(20,21)22/h4-8,11,14H,2-3,9-10,12-13H2,1H3,(H,23,27). The second-order valence-electron chi connectivity index (χ2n) is 6.99. The molecule has 1 saturated heterocycles. The number of amides is 1. The Morgan fingerprint density at radius 3 is 2.63 bits per heavy atom. The van der Waals surface area contributed by atoms with Crippen molar-refractivity contribution in [1.82, 2.24) is 20.0 Å². The Hall–Kier alpha value is -2.35. The highest BCUT2D eigenvalue weighted by Crippen LogP contribution is 2.27. The average Bonchev–Trinajstić information content (AvgIpc) is 3.12. The summed E-state index contributed by atoms with van der Waals surface area (Å²) in [5, 5.41) is 6.41. The van der Waals surface area contributed by atoms with E-state index < -0.39 is 11.9 Å². The minimum atomic E-state index is -4.47. The van der Waals surface area contributed by atoms with Gasteiger partial charge in [-0.1, -0.05) is 6.92 Å². The molecule has 0 bridgehead atoms. The van der Waals surface area contributed by atoms with E-state index in [4.69, 9.17) is 0 Å². The van der Waals surface area contributed by atoms with E-state index in [1.807, 2.05) is 0 Å². The van der Waals surface area contributed by atoms with E-state index in [9.17, 15) is 18.0 Å². The van der Waals surface area contributed by atoms with Crippen molar-refractivity contribution in [1.29, 1.82) is 0 Å². The second-order valence-corrected chi connectivity index (χ2v) is 6.99. The lowest BCUT2D eigenvalue weighted by atomic mass is 10.0. The number of nitrogens with one attached hydrogen (secondary N) is 1. The van der Waals surface area contributed by atoms with E-state index in [2.05, 4.69) is 22.2 Å². The number of piperidine rings is 1. The highest BCUT2D eigenvalue weighted by molar-refractivity contribution is 5.94. The lowest BCUT2D eigenvalue weighted by Gasteiger charge is -2.30. The molecule has 3 rings (SSSR count). The summed E-state index contributed by atoms with van der Waals surface area (Å²) in [5.74, 6) is 0.505. The minimum absolute atomic E-state index is 0.192. The van der Waals surface area contributed by atoms with Gasteiger partial charge in [0.2, 0.25) is 0 Å². The Bertz CT molecular complexity index is 770. The molecule has 2 aromatic rings. The van der Waals surface area contributed by atoms with Crippen molar-refractivity contribution in [3.63, 3.8) is 0 Å². The van der Waals surface area contributed by atoms with E-state index >= 15 is 0 Å². The first kappa shape index (κ1) is 19.4. The van der Waals surface area contributed by atoms with Crippen LogP contribution in [0.25, 0.3) is 5.69 Å². The second kappa shape index (κ2) is 8.12. The van der Waals surface area contributed by atoms with Gasteiger partial charge in [-0.25, -0.2) is 4.68 Å². The van der Waals surface area contributed by atoms with Gasteiger partial charge in [0.25, 0.3) is 5.91 Å². The molecule has 1 unspecified atom stereocenters. The Morgan fingerprint density at radius 2 is 2.00 bits per heavy atom. The van der Waals surface area contributed by atoms with E-state index in [0.717, 1.165) is 30.4 Å². The highest BCUT2D eigenvalue weighted by atomic mass is 19.4. The first-order valence-corrected chi connectivity index (χ1v) is 9.07. The molecule has 1 aliphatic rings. The van der Waals surface area contributed by atoms with Crippen LogP contribution in [-0.4, -0.2) is 46.8 Å². The number of nitrogens with zero attached hydrogens (tertiary/aromatic N) is 3. The van der Waals surface area contributed by atoms with Crippen LogP contribution >= 0.6 is 0 Å². The summed E-state index contributed by atoms with van der Waals surface area (Å²) < 4.78 is 39.0. The van der Waals surface area contributed by atoms with Crippen molar-refractivity contribution in [2.75, 3.05) is 26.2 Å². The average molecular weight is 380 g/mol. The summed E-state index contributed by atoms with van der Waals surface area (Å²) in [7, 11) is 0. The van der Waals surface area contributed by atoms with Gasteiger partial charge in [-0.2, -0.15) is 18.3 Å². The third kappa shape index (κ3) is 5.09. The van der Waals surface area contributed by atoms with Gasteiger partial charge in [-0.3, -0.25) is 4.79 Å². The number of alkyl halides is 3. The summed E-state index contributed by atoms with van der Waals surface area (Å²) in [6.45, 7) is 5.76. The van der Waals surface area contributed by atoms with Gasteiger partial charge in [0.1, 0.15) is 0 Å². The lowest BCUT2D eigenvalue weighted by molar-refractivity contribution is -0.141. The molecule has 0 aliphatic carbocycles. The molecule has 0 radical (unpaired) electrons. The maximum Gasteiger partial charge on any atom is 0.435 e. The molecular formula is C19H23F3N4O. The number of hydrogen-bond donors (Lipinski definition) is 1. The lowest BCUT2D eigenvalue weighted by Crippen LogP contribution is -2.40. The van der Waals surface area contributed by atoms with Crippen LogP contribution in [0.1, 0.15) is 35.8 Å². The molecule has 0 saturated carbocycles. The predicted molar refractivity (Wildman–Crippen MR) is 95.7 cm³/mol. The highest BCUT2D eigenvalue weighted by Gasteiger charge is 2.33. The van der Waals surface area contributed by atoms with Crippen LogP contribution in [0.3, 0.4) is 0 Å². The van der Waals surface area contributed by atoms with Crippen LogP contribution in [0.2, 0.25) is 0 Å². The van der Waals surface area contributed by atoms with Crippen LogP contribution in [0.4, 0.5) is 13.2 Å².